The first-order valence-electron chi connectivity index (χ1n) is 10.9. The van der Waals surface area contributed by atoms with Crippen LogP contribution in [0.15, 0.2) is 41.4 Å². The monoisotopic (exact) mass is 444 g/mol. The minimum Gasteiger partial charge on any atom is -0.491 e. The molecule has 1 heterocycles. The molecule has 2 aromatic rings. The van der Waals surface area contributed by atoms with Gasteiger partial charge in [0.2, 0.25) is 0 Å². The van der Waals surface area contributed by atoms with Crippen molar-refractivity contribution >= 4 is 11.6 Å². The van der Waals surface area contributed by atoms with Crippen molar-refractivity contribution in [2.45, 2.75) is 20.0 Å². The Labute approximate surface area is 189 Å². The van der Waals surface area contributed by atoms with Crippen LogP contribution in [-0.2, 0) is 22.6 Å². The van der Waals surface area contributed by atoms with E-state index in [1.54, 1.807) is 20.2 Å². The average molecular weight is 445 g/mol. The molecule has 0 atom stereocenters. The van der Waals surface area contributed by atoms with Crippen LogP contribution in [0, 0.1) is 12.7 Å². The van der Waals surface area contributed by atoms with E-state index in [0.717, 1.165) is 22.4 Å². The third-order valence-electron chi connectivity index (χ3n) is 5.26. The van der Waals surface area contributed by atoms with Gasteiger partial charge in [0.15, 0.2) is 5.96 Å². The third-order valence-corrected chi connectivity index (χ3v) is 5.26. The van der Waals surface area contributed by atoms with Gasteiger partial charge in [-0.15, -0.1) is 0 Å². The van der Waals surface area contributed by atoms with Gasteiger partial charge in [-0.3, -0.25) is 4.99 Å². The highest BCUT2D eigenvalue weighted by Crippen LogP contribution is 2.22. The molecular formula is C24H33FN4O3. The van der Waals surface area contributed by atoms with Crippen LogP contribution in [0.1, 0.15) is 16.7 Å². The number of rotatable bonds is 9. The maximum absolute atomic E-state index is 14.6. The molecule has 1 aliphatic heterocycles. The molecule has 174 valence electrons. The number of methoxy groups -OCH3 is 1. The summed E-state index contributed by atoms with van der Waals surface area (Å²) in [7, 11) is 3.36. The second-order valence-electron chi connectivity index (χ2n) is 7.62. The SMILES string of the molecule is CN=C(NCc1ccc(N2CCOCC2)c(F)c1)NCc1ccc(C)cc1OCCOC. The molecule has 0 amide bonds. The summed E-state index contributed by atoms with van der Waals surface area (Å²) in [6.07, 6.45) is 0. The molecule has 2 aromatic carbocycles. The highest BCUT2D eigenvalue weighted by Gasteiger charge is 2.15. The van der Waals surface area contributed by atoms with Crippen molar-refractivity contribution in [3.8, 4) is 5.75 Å². The van der Waals surface area contributed by atoms with Crippen molar-refractivity contribution in [3.63, 3.8) is 0 Å². The summed E-state index contributed by atoms with van der Waals surface area (Å²) >= 11 is 0. The van der Waals surface area contributed by atoms with Crippen LogP contribution in [-0.4, -0.2) is 59.6 Å². The van der Waals surface area contributed by atoms with Crippen LogP contribution in [0.4, 0.5) is 10.1 Å². The smallest absolute Gasteiger partial charge is 0.191 e. The Morgan fingerprint density at radius 2 is 1.88 bits per heavy atom. The standard InChI is InChI=1S/C24H33FN4O3/c1-18-4-6-20(23(14-18)32-13-12-30-3)17-28-24(26-2)27-16-19-5-7-22(21(25)15-19)29-8-10-31-11-9-29/h4-7,14-15H,8-13,16-17H2,1-3H3,(H2,26,27,28). The van der Waals surface area contributed by atoms with E-state index in [1.807, 2.05) is 36.1 Å². The second kappa shape index (κ2) is 12.3. The number of benzene rings is 2. The summed E-state index contributed by atoms with van der Waals surface area (Å²) in [6.45, 7) is 6.75. The Morgan fingerprint density at radius 1 is 1.09 bits per heavy atom. The number of ether oxygens (including phenoxy) is 3. The first-order valence-corrected chi connectivity index (χ1v) is 10.9. The average Bonchev–Trinajstić information content (AvgIpc) is 2.81. The van der Waals surface area contributed by atoms with Crippen molar-refractivity contribution in [3.05, 3.63) is 58.9 Å². The van der Waals surface area contributed by atoms with E-state index < -0.39 is 0 Å². The Morgan fingerprint density at radius 3 is 2.59 bits per heavy atom. The van der Waals surface area contributed by atoms with E-state index in [1.165, 1.54) is 0 Å². The number of halogens is 1. The Bertz CT molecular complexity index is 901. The van der Waals surface area contributed by atoms with Crippen LogP contribution >= 0.6 is 0 Å². The first-order chi connectivity index (χ1) is 15.6. The van der Waals surface area contributed by atoms with Gasteiger partial charge in [-0.25, -0.2) is 4.39 Å². The molecule has 1 saturated heterocycles. The van der Waals surface area contributed by atoms with Crippen molar-refractivity contribution < 1.29 is 18.6 Å². The van der Waals surface area contributed by atoms with Crippen LogP contribution in [0.5, 0.6) is 5.75 Å². The number of aryl methyl sites for hydroxylation is 1. The molecule has 8 heteroatoms. The molecule has 0 unspecified atom stereocenters. The molecule has 3 rings (SSSR count). The summed E-state index contributed by atoms with van der Waals surface area (Å²) < 4.78 is 30.9. The second-order valence-corrected chi connectivity index (χ2v) is 7.62. The zero-order chi connectivity index (χ0) is 22.8. The zero-order valence-corrected chi connectivity index (χ0v) is 19.1. The molecule has 1 aliphatic rings. The highest BCUT2D eigenvalue weighted by molar-refractivity contribution is 5.79. The molecule has 0 spiro atoms. The van der Waals surface area contributed by atoms with Gasteiger partial charge in [0.1, 0.15) is 18.2 Å². The van der Waals surface area contributed by atoms with Gasteiger partial charge in [0.25, 0.3) is 0 Å². The summed E-state index contributed by atoms with van der Waals surface area (Å²) in [4.78, 5) is 6.29. The maximum Gasteiger partial charge on any atom is 0.191 e. The Hall–Kier alpha value is -2.84. The predicted octanol–water partition coefficient (Wildman–Crippen LogP) is 2.86. The van der Waals surface area contributed by atoms with E-state index in [0.29, 0.717) is 64.3 Å². The lowest BCUT2D eigenvalue weighted by Crippen LogP contribution is -2.37. The number of hydrogen-bond donors (Lipinski definition) is 2. The zero-order valence-electron chi connectivity index (χ0n) is 19.1. The van der Waals surface area contributed by atoms with E-state index in [4.69, 9.17) is 14.2 Å². The first kappa shape index (κ1) is 23.8. The van der Waals surface area contributed by atoms with Gasteiger partial charge >= 0.3 is 0 Å². The maximum atomic E-state index is 14.6. The number of morpholine rings is 1. The van der Waals surface area contributed by atoms with Crippen molar-refractivity contribution in [2.24, 2.45) is 4.99 Å². The fraction of sp³-hybridized carbons (Fsp3) is 0.458. The fourth-order valence-electron chi connectivity index (χ4n) is 3.48. The number of nitrogens with one attached hydrogen (secondary N) is 2. The summed E-state index contributed by atoms with van der Waals surface area (Å²) in [6, 6.07) is 11.5. The van der Waals surface area contributed by atoms with Crippen molar-refractivity contribution in [2.75, 3.05) is 58.6 Å². The van der Waals surface area contributed by atoms with Gasteiger partial charge in [-0.2, -0.15) is 0 Å². The Balaban J connectivity index is 1.55. The lowest BCUT2D eigenvalue weighted by Gasteiger charge is -2.29. The topological polar surface area (TPSA) is 67.4 Å². The third kappa shape index (κ3) is 6.83. The minimum atomic E-state index is -0.216. The molecule has 0 bridgehead atoms. The van der Waals surface area contributed by atoms with Gasteiger partial charge in [-0.1, -0.05) is 18.2 Å². The normalized spacial score (nSPS) is 14.4. The summed E-state index contributed by atoms with van der Waals surface area (Å²) in [5.41, 5.74) is 3.63. The summed E-state index contributed by atoms with van der Waals surface area (Å²) in [5.74, 6) is 1.24. The lowest BCUT2D eigenvalue weighted by atomic mass is 10.1. The van der Waals surface area contributed by atoms with Crippen LogP contribution in [0.2, 0.25) is 0 Å². The largest absolute Gasteiger partial charge is 0.491 e. The highest BCUT2D eigenvalue weighted by atomic mass is 19.1. The molecule has 1 fully saturated rings. The van der Waals surface area contributed by atoms with Crippen LogP contribution < -0.4 is 20.3 Å². The van der Waals surface area contributed by atoms with Crippen molar-refractivity contribution in [1.82, 2.24) is 10.6 Å². The quantitative estimate of drug-likeness (QED) is 0.352. The molecule has 0 radical (unpaired) electrons. The number of hydrogen-bond acceptors (Lipinski definition) is 5. The van der Waals surface area contributed by atoms with Gasteiger partial charge in [-0.05, 0) is 36.2 Å². The number of nitrogens with zero attached hydrogens (tertiary/aromatic N) is 2. The fourth-order valence-corrected chi connectivity index (χ4v) is 3.48. The number of aliphatic imine (C=N–C) groups is 1. The molecule has 0 aromatic heterocycles. The molecule has 7 nitrogen and oxygen atoms in total. The van der Waals surface area contributed by atoms with Gasteiger partial charge in [0, 0.05) is 45.9 Å². The lowest BCUT2D eigenvalue weighted by molar-refractivity contribution is 0.122. The summed E-state index contributed by atoms with van der Waals surface area (Å²) in [5, 5.41) is 6.54. The number of anilines is 1. The van der Waals surface area contributed by atoms with E-state index in [-0.39, 0.29) is 5.82 Å². The van der Waals surface area contributed by atoms with Gasteiger partial charge in [0.05, 0.1) is 25.5 Å². The van der Waals surface area contributed by atoms with Crippen LogP contribution in [0.3, 0.4) is 0 Å². The molecular weight excluding hydrogens is 411 g/mol. The predicted molar refractivity (Wildman–Crippen MR) is 125 cm³/mol. The van der Waals surface area contributed by atoms with E-state index >= 15 is 0 Å². The van der Waals surface area contributed by atoms with Gasteiger partial charge < -0.3 is 29.7 Å². The van der Waals surface area contributed by atoms with Crippen LogP contribution in [0.25, 0.3) is 0 Å². The molecule has 2 N–H and O–H groups in total. The minimum absolute atomic E-state index is 0.216. The molecule has 32 heavy (non-hydrogen) atoms. The molecule has 0 saturated carbocycles. The van der Waals surface area contributed by atoms with Crippen molar-refractivity contribution in [1.29, 1.82) is 0 Å². The Kier molecular flexibility index (Phi) is 9.13. The molecule has 0 aliphatic carbocycles. The number of guanidine groups is 1. The van der Waals surface area contributed by atoms with E-state index in [9.17, 15) is 4.39 Å². The van der Waals surface area contributed by atoms with E-state index in [2.05, 4.69) is 21.7 Å².